The molecule has 9 heteroatoms. The Labute approximate surface area is 214 Å². The van der Waals surface area contributed by atoms with Gasteiger partial charge in [0.2, 0.25) is 0 Å². The molecular weight excluding hydrogens is 480 g/mol. The fraction of sp³-hybridized carbons (Fsp3) is 0.519. The Morgan fingerprint density at radius 3 is 2.22 bits per heavy atom. The molecule has 1 aliphatic heterocycles. The van der Waals surface area contributed by atoms with Gasteiger partial charge in [0.25, 0.3) is 0 Å². The van der Waals surface area contributed by atoms with Gasteiger partial charge in [-0.05, 0) is 48.0 Å². The van der Waals surface area contributed by atoms with Gasteiger partial charge in [0.05, 0.1) is 12.2 Å². The van der Waals surface area contributed by atoms with Crippen LogP contribution in [0.4, 0.5) is 0 Å². The van der Waals surface area contributed by atoms with Crippen molar-refractivity contribution >= 4 is 14.3 Å². The molecule has 0 aliphatic carbocycles. The van der Waals surface area contributed by atoms with Crippen LogP contribution in [-0.2, 0) is 25.2 Å². The van der Waals surface area contributed by atoms with Gasteiger partial charge in [-0.2, -0.15) is 0 Å². The Morgan fingerprint density at radius 2 is 1.64 bits per heavy atom. The van der Waals surface area contributed by atoms with Gasteiger partial charge < -0.3 is 33.6 Å². The van der Waals surface area contributed by atoms with E-state index in [0.29, 0.717) is 12.4 Å². The quantitative estimate of drug-likeness (QED) is 0.381. The SMILES string of the molecule is CO[C@H]1O[C@H](CO[Si](C)(C)C(C)(C)C)[C@H](O)[C@H](O)[C@H]1OC(=O)c1ccc(OCc2ccccc2)cc1. The fourth-order valence-corrected chi connectivity index (χ4v) is 4.50. The number of hydrogen-bond acceptors (Lipinski definition) is 8. The molecule has 36 heavy (non-hydrogen) atoms. The molecule has 1 heterocycles. The van der Waals surface area contributed by atoms with E-state index in [-0.39, 0.29) is 17.2 Å². The Morgan fingerprint density at radius 1 is 1.00 bits per heavy atom. The monoisotopic (exact) mass is 518 g/mol. The summed E-state index contributed by atoms with van der Waals surface area (Å²) in [5, 5.41) is 21.4. The maximum Gasteiger partial charge on any atom is 0.338 e. The van der Waals surface area contributed by atoms with Gasteiger partial charge in [-0.1, -0.05) is 51.1 Å². The minimum absolute atomic E-state index is 0.0217. The van der Waals surface area contributed by atoms with Gasteiger partial charge in [0.15, 0.2) is 20.7 Å². The molecule has 1 saturated heterocycles. The number of esters is 1. The van der Waals surface area contributed by atoms with Crippen LogP contribution in [0.3, 0.4) is 0 Å². The number of carbonyl (C=O) groups is 1. The third-order valence-corrected chi connectivity index (χ3v) is 11.4. The Hall–Kier alpha value is -2.27. The van der Waals surface area contributed by atoms with Crippen molar-refractivity contribution in [2.75, 3.05) is 13.7 Å². The predicted octanol–water partition coefficient (Wildman–Crippen LogP) is 3.91. The normalized spacial score (nSPS) is 24.8. The molecule has 2 N–H and O–H groups in total. The first-order chi connectivity index (χ1) is 16.9. The van der Waals surface area contributed by atoms with Crippen molar-refractivity contribution in [2.45, 2.75) is 76.2 Å². The number of methoxy groups -OCH3 is 1. The summed E-state index contributed by atoms with van der Waals surface area (Å²) < 4.78 is 28.6. The van der Waals surface area contributed by atoms with Gasteiger partial charge in [-0.3, -0.25) is 0 Å². The van der Waals surface area contributed by atoms with Gasteiger partial charge in [0, 0.05) is 7.11 Å². The van der Waals surface area contributed by atoms with Crippen molar-refractivity contribution in [1.29, 1.82) is 0 Å². The Bertz CT molecular complexity index is 972. The van der Waals surface area contributed by atoms with Crippen LogP contribution in [-0.4, -0.2) is 68.9 Å². The molecule has 0 spiro atoms. The number of ether oxygens (including phenoxy) is 4. The summed E-state index contributed by atoms with van der Waals surface area (Å²) in [6.45, 7) is 11.0. The second-order valence-electron chi connectivity index (χ2n) is 10.5. The van der Waals surface area contributed by atoms with E-state index in [2.05, 4.69) is 33.9 Å². The molecule has 0 amide bonds. The second-order valence-corrected chi connectivity index (χ2v) is 15.3. The molecule has 2 aromatic rings. The zero-order valence-electron chi connectivity index (χ0n) is 21.8. The van der Waals surface area contributed by atoms with Crippen molar-refractivity contribution in [1.82, 2.24) is 0 Å². The van der Waals surface area contributed by atoms with Gasteiger partial charge in [-0.25, -0.2) is 4.79 Å². The van der Waals surface area contributed by atoms with E-state index >= 15 is 0 Å². The van der Waals surface area contributed by atoms with Gasteiger partial charge >= 0.3 is 5.97 Å². The summed E-state index contributed by atoms with van der Waals surface area (Å²) in [5.41, 5.74) is 1.30. The van der Waals surface area contributed by atoms with Crippen molar-refractivity contribution in [3.63, 3.8) is 0 Å². The molecule has 8 nitrogen and oxygen atoms in total. The lowest BCUT2D eigenvalue weighted by Gasteiger charge is -2.43. The summed E-state index contributed by atoms with van der Waals surface area (Å²) in [5.74, 6) is -0.0753. The van der Waals surface area contributed by atoms with Crippen LogP contribution in [0.2, 0.25) is 18.1 Å². The molecular formula is C27H38O8Si. The molecule has 3 rings (SSSR count). The van der Waals surface area contributed by atoms with E-state index in [0.717, 1.165) is 5.56 Å². The van der Waals surface area contributed by atoms with E-state index in [4.69, 9.17) is 23.4 Å². The van der Waals surface area contributed by atoms with Crippen LogP contribution in [0.1, 0.15) is 36.7 Å². The standard InChI is InChI=1S/C27H38O8Si/c1-27(2,3)36(5,6)33-17-21-22(28)23(29)24(26(31-4)34-21)35-25(30)19-12-14-20(15-13-19)32-16-18-10-8-7-9-11-18/h7-15,21-24,26,28-29H,16-17H2,1-6H3/t21-,22+,23+,24-,26+/m1/s1. The summed E-state index contributed by atoms with van der Waals surface area (Å²) in [7, 11) is -0.710. The van der Waals surface area contributed by atoms with Crippen molar-refractivity contribution in [3.05, 3.63) is 65.7 Å². The molecule has 1 fully saturated rings. The van der Waals surface area contributed by atoms with Crippen molar-refractivity contribution in [3.8, 4) is 5.75 Å². The highest BCUT2D eigenvalue weighted by atomic mass is 28.4. The number of hydrogen-bond donors (Lipinski definition) is 2. The summed E-state index contributed by atoms with van der Waals surface area (Å²) in [4.78, 5) is 12.8. The van der Waals surface area contributed by atoms with Crippen LogP contribution >= 0.6 is 0 Å². The number of rotatable bonds is 9. The molecule has 1 aliphatic rings. The van der Waals surface area contributed by atoms with E-state index in [1.807, 2.05) is 30.3 Å². The lowest BCUT2D eigenvalue weighted by atomic mass is 9.99. The molecule has 0 radical (unpaired) electrons. The van der Waals surface area contributed by atoms with Crippen LogP contribution in [0, 0.1) is 0 Å². The fourth-order valence-electron chi connectivity index (χ4n) is 3.49. The molecule has 0 unspecified atom stereocenters. The smallest absolute Gasteiger partial charge is 0.338 e. The van der Waals surface area contributed by atoms with Crippen LogP contribution < -0.4 is 4.74 Å². The van der Waals surface area contributed by atoms with Crippen LogP contribution in [0.15, 0.2) is 54.6 Å². The minimum atomic E-state index is -2.10. The van der Waals surface area contributed by atoms with E-state index in [1.54, 1.807) is 24.3 Å². The number of carbonyl (C=O) groups excluding carboxylic acids is 1. The molecule has 0 aromatic heterocycles. The van der Waals surface area contributed by atoms with Crippen molar-refractivity contribution in [2.24, 2.45) is 0 Å². The van der Waals surface area contributed by atoms with E-state index < -0.39 is 45.0 Å². The summed E-state index contributed by atoms with van der Waals surface area (Å²) in [6, 6.07) is 16.2. The summed E-state index contributed by atoms with van der Waals surface area (Å²) >= 11 is 0. The maximum absolute atomic E-state index is 12.8. The van der Waals surface area contributed by atoms with E-state index in [1.165, 1.54) is 7.11 Å². The zero-order valence-corrected chi connectivity index (χ0v) is 22.8. The lowest BCUT2D eigenvalue weighted by molar-refractivity contribution is -0.292. The molecule has 198 valence electrons. The van der Waals surface area contributed by atoms with Crippen molar-refractivity contribution < 1.29 is 38.4 Å². The average Bonchev–Trinajstić information content (AvgIpc) is 2.85. The van der Waals surface area contributed by atoms with Gasteiger partial charge in [0.1, 0.15) is 30.7 Å². The highest BCUT2D eigenvalue weighted by molar-refractivity contribution is 6.74. The van der Waals surface area contributed by atoms with Crippen LogP contribution in [0.5, 0.6) is 5.75 Å². The lowest BCUT2D eigenvalue weighted by Crippen LogP contribution is -2.61. The third-order valence-electron chi connectivity index (χ3n) is 6.87. The third kappa shape index (κ3) is 6.93. The molecule has 0 bridgehead atoms. The minimum Gasteiger partial charge on any atom is -0.489 e. The first-order valence-electron chi connectivity index (χ1n) is 12.1. The molecule has 2 aromatic carbocycles. The highest BCUT2D eigenvalue weighted by Gasteiger charge is 2.48. The van der Waals surface area contributed by atoms with Gasteiger partial charge in [-0.15, -0.1) is 0 Å². The second kappa shape index (κ2) is 11.8. The first kappa shape index (κ1) is 28.3. The predicted molar refractivity (Wildman–Crippen MR) is 137 cm³/mol. The molecule has 5 atom stereocenters. The zero-order chi connectivity index (χ0) is 26.5. The number of aliphatic hydroxyl groups excluding tert-OH is 2. The Balaban J connectivity index is 1.59. The summed E-state index contributed by atoms with van der Waals surface area (Å²) in [6.07, 6.45) is -5.82. The number of aliphatic hydroxyl groups is 2. The Kier molecular flexibility index (Phi) is 9.32. The maximum atomic E-state index is 12.8. The first-order valence-corrected chi connectivity index (χ1v) is 15.0. The van der Waals surface area contributed by atoms with Crippen LogP contribution in [0.25, 0.3) is 0 Å². The highest BCUT2D eigenvalue weighted by Crippen LogP contribution is 2.37. The number of benzene rings is 2. The molecule has 0 saturated carbocycles. The largest absolute Gasteiger partial charge is 0.489 e. The topological polar surface area (TPSA) is 104 Å². The average molecular weight is 519 g/mol. The van der Waals surface area contributed by atoms with E-state index in [9.17, 15) is 15.0 Å².